The summed E-state index contributed by atoms with van der Waals surface area (Å²) in [5.41, 5.74) is 1.68. The number of nitrogens with one attached hydrogen (secondary N) is 1. The highest BCUT2D eigenvalue weighted by atomic mass is 35.5. The first-order chi connectivity index (χ1) is 16.6. The zero-order valence-electron chi connectivity index (χ0n) is 21.1. The van der Waals surface area contributed by atoms with E-state index in [1.54, 1.807) is 0 Å². The maximum Gasteiger partial charge on any atom is 0.341 e. The van der Waals surface area contributed by atoms with Gasteiger partial charge in [-0.3, -0.25) is 9.69 Å². The Kier molecular flexibility index (Phi) is 9.21. The van der Waals surface area contributed by atoms with Crippen LogP contribution < -0.4 is 5.32 Å². The summed E-state index contributed by atoms with van der Waals surface area (Å²) in [5.74, 6) is -0.336. The van der Waals surface area contributed by atoms with Crippen LogP contribution in [0.15, 0.2) is 29.2 Å². The molecule has 0 saturated carbocycles. The molecule has 0 atom stereocenters. The number of fused-ring (bicyclic) bond motifs is 1. The molecule has 1 fully saturated rings. The first-order valence-electron chi connectivity index (χ1n) is 12.0. The average Bonchev–Trinajstić information content (AvgIpc) is 3.20. The SMILES string of the molecule is COC(=O)c1c(NC(=O)c2ccc(S(=O)(=O)N3CCC(C)CC3)cc2)sc2c1CCN(C(C)C)C2.Cl. The number of methoxy groups -OCH3 is 1. The molecule has 1 N–H and O–H groups in total. The highest BCUT2D eigenvalue weighted by Gasteiger charge is 2.31. The molecule has 0 radical (unpaired) electrons. The third-order valence-electron chi connectivity index (χ3n) is 6.93. The zero-order chi connectivity index (χ0) is 25.3. The van der Waals surface area contributed by atoms with Crippen LogP contribution in [0.4, 0.5) is 5.00 Å². The highest BCUT2D eigenvalue weighted by Crippen LogP contribution is 2.38. The van der Waals surface area contributed by atoms with E-state index in [9.17, 15) is 18.0 Å². The van der Waals surface area contributed by atoms with Crippen molar-refractivity contribution < 1.29 is 22.7 Å². The minimum absolute atomic E-state index is 0. The number of esters is 1. The van der Waals surface area contributed by atoms with Crippen LogP contribution in [-0.2, 0) is 27.7 Å². The fourth-order valence-corrected chi connectivity index (χ4v) is 7.32. The van der Waals surface area contributed by atoms with E-state index < -0.39 is 21.9 Å². The third-order valence-corrected chi connectivity index (χ3v) is 9.98. The second-order valence-corrected chi connectivity index (χ2v) is 12.6. The molecule has 1 aromatic carbocycles. The standard InChI is InChI=1S/C25H33N3O5S2.ClH/c1-16(2)27-12-11-20-21(15-27)34-24(22(20)25(30)33-4)26-23(29)18-5-7-19(8-6-18)35(31,32)28-13-9-17(3)10-14-28;/h5-8,16-17H,9-15H2,1-4H3,(H,26,29);1H. The number of amides is 1. The fraction of sp³-hybridized carbons (Fsp3) is 0.520. The highest BCUT2D eigenvalue weighted by molar-refractivity contribution is 7.89. The summed E-state index contributed by atoms with van der Waals surface area (Å²) in [5, 5.41) is 3.34. The molecule has 1 amide bonds. The van der Waals surface area contributed by atoms with Crippen LogP contribution in [0.1, 0.15) is 64.8 Å². The van der Waals surface area contributed by atoms with E-state index in [0.29, 0.717) is 47.6 Å². The number of benzene rings is 1. The number of halogens is 1. The van der Waals surface area contributed by atoms with Crippen molar-refractivity contribution in [1.29, 1.82) is 0 Å². The summed E-state index contributed by atoms with van der Waals surface area (Å²) in [6.07, 6.45) is 2.41. The Labute approximate surface area is 223 Å². The number of piperidine rings is 1. The van der Waals surface area contributed by atoms with Gasteiger partial charge < -0.3 is 10.1 Å². The number of sulfonamides is 1. The quantitative estimate of drug-likeness (QED) is 0.531. The van der Waals surface area contributed by atoms with Crippen LogP contribution in [0, 0.1) is 5.92 Å². The molecule has 2 aliphatic rings. The van der Waals surface area contributed by atoms with Gasteiger partial charge >= 0.3 is 5.97 Å². The van der Waals surface area contributed by atoms with Gasteiger partial charge in [0.15, 0.2) is 0 Å². The first kappa shape index (κ1) is 28.6. The Bertz CT molecular complexity index is 1200. The molecule has 2 aliphatic heterocycles. The van der Waals surface area contributed by atoms with Gasteiger partial charge in [-0.25, -0.2) is 13.2 Å². The van der Waals surface area contributed by atoms with Crippen LogP contribution in [0.5, 0.6) is 0 Å². The van der Waals surface area contributed by atoms with Crippen molar-refractivity contribution in [2.75, 3.05) is 32.1 Å². The smallest absolute Gasteiger partial charge is 0.341 e. The van der Waals surface area contributed by atoms with Gasteiger partial charge in [0.1, 0.15) is 5.00 Å². The van der Waals surface area contributed by atoms with Gasteiger partial charge in [0, 0.05) is 42.7 Å². The van der Waals surface area contributed by atoms with E-state index in [2.05, 4.69) is 31.0 Å². The Hall–Kier alpha value is -1.98. The number of hydrogen-bond donors (Lipinski definition) is 1. The van der Waals surface area contributed by atoms with E-state index in [1.165, 1.54) is 47.0 Å². The van der Waals surface area contributed by atoms with Crippen LogP contribution in [0.2, 0.25) is 0 Å². The van der Waals surface area contributed by atoms with E-state index >= 15 is 0 Å². The zero-order valence-corrected chi connectivity index (χ0v) is 23.5. The van der Waals surface area contributed by atoms with Gasteiger partial charge in [-0.1, -0.05) is 6.92 Å². The maximum absolute atomic E-state index is 13.0. The summed E-state index contributed by atoms with van der Waals surface area (Å²) < 4.78 is 32.5. The van der Waals surface area contributed by atoms with Crippen molar-refractivity contribution in [2.45, 2.75) is 57.5 Å². The molecule has 0 unspecified atom stereocenters. The minimum Gasteiger partial charge on any atom is -0.465 e. The fourth-order valence-electron chi connectivity index (χ4n) is 4.60. The first-order valence-corrected chi connectivity index (χ1v) is 14.3. The summed E-state index contributed by atoms with van der Waals surface area (Å²) >= 11 is 1.40. The lowest BCUT2D eigenvalue weighted by Gasteiger charge is -2.30. The number of thiophene rings is 1. The molecule has 1 saturated heterocycles. The molecule has 198 valence electrons. The number of anilines is 1. The molecular formula is C25H34ClN3O5S2. The lowest BCUT2D eigenvalue weighted by Crippen LogP contribution is -2.37. The van der Waals surface area contributed by atoms with Crippen LogP contribution in [-0.4, -0.2) is 62.3 Å². The monoisotopic (exact) mass is 555 g/mol. The molecular weight excluding hydrogens is 522 g/mol. The lowest BCUT2D eigenvalue weighted by atomic mass is 10.0. The number of carbonyl (C=O) groups is 2. The van der Waals surface area contributed by atoms with Gasteiger partial charge in [-0.05, 0) is 68.9 Å². The number of ether oxygens (including phenoxy) is 1. The number of carbonyl (C=O) groups excluding carboxylic acids is 2. The Balaban J connectivity index is 0.00000361. The molecule has 0 aliphatic carbocycles. The number of nitrogens with zero attached hydrogens (tertiary/aromatic N) is 2. The second kappa shape index (κ2) is 11.6. The second-order valence-electron chi connectivity index (χ2n) is 9.58. The lowest BCUT2D eigenvalue weighted by molar-refractivity contribution is 0.0600. The topological polar surface area (TPSA) is 96.0 Å². The molecule has 1 aromatic heterocycles. The molecule has 3 heterocycles. The molecule has 0 bridgehead atoms. The van der Waals surface area contributed by atoms with E-state index in [1.807, 2.05) is 0 Å². The van der Waals surface area contributed by atoms with Gasteiger partial charge in [-0.2, -0.15) is 4.31 Å². The van der Waals surface area contributed by atoms with Crippen molar-refractivity contribution in [3.63, 3.8) is 0 Å². The molecule has 4 rings (SSSR count). The van der Waals surface area contributed by atoms with Crippen LogP contribution in [0.3, 0.4) is 0 Å². The summed E-state index contributed by atoms with van der Waals surface area (Å²) in [7, 11) is -2.25. The summed E-state index contributed by atoms with van der Waals surface area (Å²) in [4.78, 5) is 29.2. The Morgan fingerprint density at radius 3 is 2.33 bits per heavy atom. The van der Waals surface area contributed by atoms with E-state index in [4.69, 9.17) is 4.74 Å². The van der Waals surface area contributed by atoms with Crippen molar-refractivity contribution in [3.05, 3.63) is 45.8 Å². The number of hydrogen-bond acceptors (Lipinski definition) is 7. The van der Waals surface area contributed by atoms with Crippen molar-refractivity contribution in [2.24, 2.45) is 5.92 Å². The largest absolute Gasteiger partial charge is 0.465 e. The molecule has 0 spiro atoms. The van der Waals surface area contributed by atoms with Crippen molar-refractivity contribution in [3.8, 4) is 0 Å². The maximum atomic E-state index is 13.0. The van der Waals surface area contributed by atoms with Gasteiger partial charge in [0.2, 0.25) is 10.0 Å². The Morgan fingerprint density at radius 1 is 1.11 bits per heavy atom. The van der Waals surface area contributed by atoms with E-state index in [-0.39, 0.29) is 17.3 Å². The van der Waals surface area contributed by atoms with Gasteiger partial charge in [0.25, 0.3) is 5.91 Å². The minimum atomic E-state index is -3.58. The molecule has 2 aromatic rings. The molecule has 8 nitrogen and oxygen atoms in total. The predicted octanol–water partition coefficient (Wildman–Crippen LogP) is 4.40. The predicted molar refractivity (Wildman–Crippen MR) is 144 cm³/mol. The summed E-state index contributed by atoms with van der Waals surface area (Å²) in [6.45, 7) is 8.99. The molecule has 11 heteroatoms. The van der Waals surface area contributed by atoms with Crippen molar-refractivity contribution in [1.82, 2.24) is 9.21 Å². The third kappa shape index (κ3) is 5.78. The van der Waals surface area contributed by atoms with Crippen LogP contribution in [0.25, 0.3) is 0 Å². The van der Waals surface area contributed by atoms with Gasteiger partial charge in [-0.15, -0.1) is 23.7 Å². The number of rotatable bonds is 6. The van der Waals surface area contributed by atoms with E-state index in [0.717, 1.165) is 36.4 Å². The van der Waals surface area contributed by atoms with Gasteiger partial charge in [0.05, 0.1) is 17.6 Å². The van der Waals surface area contributed by atoms with Crippen LogP contribution >= 0.6 is 23.7 Å². The molecule has 36 heavy (non-hydrogen) atoms. The van der Waals surface area contributed by atoms with Crippen molar-refractivity contribution >= 4 is 50.6 Å². The Morgan fingerprint density at radius 2 is 1.75 bits per heavy atom. The normalized spacial score (nSPS) is 17.4. The average molecular weight is 556 g/mol. The summed E-state index contributed by atoms with van der Waals surface area (Å²) in [6, 6.07) is 6.36.